The Balaban J connectivity index is 1.35. The molecule has 0 bridgehead atoms. The van der Waals surface area contributed by atoms with Gasteiger partial charge in [0.15, 0.2) is 0 Å². The average Bonchev–Trinajstić information content (AvgIpc) is 2.94. The van der Waals surface area contributed by atoms with Crippen molar-refractivity contribution in [1.82, 2.24) is 14.9 Å². The molecule has 0 saturated carbocycles. The van der Waals surface area contributed by atoms with E-state index in [2.05, 4.69) is 10.3 Å². The number of rotatable bonds is 12. The van der Waals surface area contributed by atoms with Gasteiger partial charge in [0.1, 0.15) is 24.3 Å². The molecule has 2 unspecified atom stereocenters. The van der Waals surface area contributed by atoms with E-state index in [9.17, 15) is 14.7 Å². The highest BCUT2D eigenvalue weighted by Crippen LogP contribution is 2.17. The molecule has 2 N–H and O–H groups in total. The van der Waals surface area contributed by atoms with Gasteiger partial charge in [-0.2, -0.15) is 0 Å². The molecule has 1 heterocycles. The number of carbonyl (C=O) groups excluding carboxylic acids is 1. The van der Waals surface area contributed by atoms with Gasteiger partial charge in [0, 0.05) is 13.0 Å². The molecule has 38 heavy (non-hydrogen) atoms. The summed E-state index contributed by atoms with van der Waals surface area (Å²) >= 11 is 0. The molecule has 8 heteroatoms. The number of nitrogens with zero attached hydrogens (tertiary/aromatic N) is 2. The second-order valence-corrected chi connectivity index (χ2v) is 8.93. The molecule has 1 aromatic heterocycles. The third-order valence-corrected chi connectivity index (χ3v) is 6.34. The Kier molecular flexibility index (Phi) is 9.24. The molecule has 0 aliphatic rings. The van der Waals surface area contributed by atoms with Crippen LogP contribution in [-0.2, 0) is 22.5 Å². The molecule has 2 atom stereocenters. The number of hydrogen-bond acceptors (Lipinski definition) is 6. The van der Waals surface area contributed by atoms with E-state index in [-0.39, 0.29) is 18.1 Å². The Hall–Kier alpha value is -4.01. The molecule has 1 amide bonds. The van der Waals surface area contributed by atoms with E-state index < -0.39 is 12.1 Å². The van der Waals surface area contributed by atoms with Crippen molar-refractivity contribution in [2.45, 2.75) is 39.0 Å². The average molecular weight is 516 g/mol. The zero-order valence-corrected chi connectivity index (χ0v) is 21.7. The number of hydrogen-bond donors (Lipinski definition) is 2. The highest BCUT2D eigenvalue weighted by atomic mass is 16.5. The minimum Gasteiger partial charge on any atom is -0.492 e. The number of aliphatic hydroxyl groups is 1. The molecule has 0 radical (unpaired) electrons. The van der Waals surface area contributed by atoms with Crippen LogP contribution < -0.4 is 15.6 Å². The maximum absolute atomic E-state index is 13.0. The number of aliphatic hydroxyl groups excluding tert-OH is 1. The largest absolute Gasteiger partial charge is 0.492 e. The predicted octanol–water partition coefficient (Wildman–Crippen LogP) is 3.58. The summed E-state index contributed by atoms with van der Waals surface area (Å²) in [5, 5.41) is 13.3. The number of para-hydroxylation sites is 1. The Morgan fingerprint density at radius 2 is 1.74 bits per heavy atom. The number of aryl methyl sites for hydroxylation is 1. The number of fused-ring (bicyclic) bond motifs is 1. The SMILES string of the molecule is CCOC(Cc1ccc(OCCn2c(C)nc3ccccc3c2=O)cc1)C(=O)NC(CO)c1ccccc1. The lowest BCUT2D eigenvalue weighted by Gasteiger charge is -2.22. The van der Waals surface area contributed by atoms with Crippen LogP contribution in [0.1, 0.15) is 29.9 Å². The fourth-order valence-electron chi connectivity index (χ4n) is 4.35. The van der Waals surface area contributed by atoms with E-state index in [1.165, 1.54) is 0 Å². The van der Waals surface area contributed by atoms with Crippen molar-refractivity contribution in [3.8, 4) is 5.75 Å². The van der Waals surface area contributed by atoms with Gasteiger partial charge in [0.05, 0.1) is 30.1 Å². The normalized spacial score (nSPS) is 12.7. The van der Waals surface area contributed by atoms with Gasteiger partial charge < -0.3 is 19.9 Å². The molecule has 0 fully saturated rings. The monoisotopic (exact) mass is 515 g/mol. The van der Waals surface area contributed by atoms with Crippen LogP contribution in [-0.4, -0.2) is 46.5 Å². The van der Waals surface area contributed by atoms with Crippen LogP contribution in [0.3, 0.4) is 0 Å². The van der Waals surface area contributed by atoms with E-state index in [0.717, 1.165) is 11.1 Å². The molecule has 4 rings (SSSR count). The lowest BCUT2D eigenvalue weighted by atomic mass is 10.0. The second kappa shape index (κ2) is 13.0. The molecule has 0 aliphatic carbocycles. The fraction of sp³-hybridized carbons (Fsp3) is 0.300. The minimum absolute atomic E-state index is 0.0806. The maximum atomic E-state index is 13.0. The lowest BCUT2D eigenvalue weighted by Crippen LogP contribution is -2.41. The summed E-state index contributed by atoms with van der Waals surface area (Å²) < 4.78 is 13.2. The number of amides is 1. The molecule has 3 aromatic carbocycles. The third kappa shape index (κ3) is 6.65. The van der Waals surface area contributed by atoms with Gasteiger partial charge >= 0.3 is 0 Å². The van der Waals surface area contributed by atoms with Crippen molar-refractivity contribution in [1.29, 1.82) is 0 Å². The van der Waals surface area contributed by atoms with Gasteiger partial charge in [-0.05, 0) is 49.2 Å². The summed E-state index contributed by atoms with van der Waals surface area (Å²) in [5.74, 6) is 1.03. The first-order chi connectivity index (χ1) is 18.5. The van der Waals surface area contributed by atoms with Gasteiger partial charge in [-0.1, -0.05) is 54.6 Å². The summed E-state index contributed by atoms with van der Waals surface area (Å²) in [6.45, 7) is 4.53. The molecule has 4 aromatic rings. The standard InChI is InChI=1S/C30H33N3O5/c1-3-37-28(29(35)32-27(20-34)23-9-5-4-6-10-23)19-22-13-15-24(16-14-22)38-18-17-33-21(2)31-26-12-8-7-11-25(26)30(33)36/h4-16,27-28,34H,3,17-20H2,1-2H3,(H,32,35). The summed E-state index contributed by atoms with van der Waals surface area (Å²) in [7, 11) is 0. The maximum Gasteiger partial charge on any atom is 0.261 e. The molecule has 0 spiro atoms. The smallest absolute Gasteiger partial charge is 0.261 e. The Morgan fingerprint density at radius 1 is 1.03 bits per heavy atom. The molecule has 0 saturated heterocycles. The zero-order chi connectivity index (χ0) is 26.9. The minimum atomic E-state index is -0.695. The number of carbonyl (C=O) groups is 1. The van der Waals surface area contributed by atoms with Crippen molar-refractivity contribution in [2.75, 3.05) is 19.8 Å². The summed E-state index contributed by atoms with van der Waals surface area (Å²) in [6, 6.07) is 23.6. The van der Waals surface area contributed by atoms with Crippen molar-refractivity contribution in [2.24, 2.45) is 0 Å². The van der Waals surface area contributed by atoms with Crippen LogP contribution in [0.2, 0.25) is 0 Å². The van der Waals surface area contributed by atoms with Crippen molar-refractivity contribution >= 4 is 16.8 Å². The van der Waals surface area contributed by atoms with Crippen molar-refractivity contribution < 1.29 is 19.4 Å². The molecule has 198 valence electrons. The van der Waals surface area contributed by atoms with Crippen LogP contribution in [0.15, 0.2) is 83.7 Å². The first-order valence-electron chi connectivity index (χ1n) is 12.8. The van der Waals surface area contributed by atoms with Gasteiger partial charge in [0.2, 0.25) is 5.91 Å². The summed E-state index contributed by atoms with van der Waals surface area (Å²) in [5.41, 5.74) is 2.35. The number of aromatic nitrogens is 2. The summed E-state index contributed by atoms with van der Waals surface area (Å²) in [4.78, 5) is 30.3. The number of ether oxygens (including phenoxy) is 2. The van der Waals surface area contributed by atoms with Gasteiger partial charge in [-0.25, -0.2) is 4.98 Å². The Morgan fingerprint density at radius 3 is 2.45 bits per heavy atom. The van der Waals surface area contributed by atoms with E-state index in [4.69, 9.17) is 9.47 Å². The van der Waals surface area contributed by atoms with E-state index in [0.29, 0.717) is 48.7 Å². The zero-order valence-electron chi connectivity index (χ0n) is 21.7. The topological polar surface area (TPSA) is 103 Å². The first kappa shape index (κ1) is 27.0. The highest BCUT2D eigenvalue weighted by molar-refractivity contribution is 5.81. The highest BCUT2D eigenvalue weighted by Gasteiger charge is 2.23. The number of benzene rings is 3. The van der Waals surface area contributed by atoms with Crippen molar-refractivity contribution in [3.05, 3.63) is 106 Å². The first-order valence-corrected chi connectivity index (χ1v) is 12.8. The van der Waals surface area contributed by atoms with Gasteiger partial charge in [-0.3, -0.25) is 14.2 Å². The van der Waals surface area contributed by atoms with Crippen LogP contribution >= 0.6 is 0 Å². The van der Waals surface area contributed by atoms with Gasteiger partial charge in [0.25, 0.3) is 5.56 Å². The molecular formula is C30H33N3O5. The van der Waals surface area contributed by atoms with E-state index >= 15 is 0 Å². The number of nitrogens with one attached hydrogen (secondary N) is 1. The molecule has 8 nitrogen and oxygen atoms in total. The summed E-state index contributed by atoms with van der Waals surface area (Å²) in [6.07, 6.45) is -0.315. The quantitative estimate of drug-likeness (QED) is 0.299. The van der Waals surface area contributed by atoms with Crippen LogP contribution in [0.5, 0.6) is 5.75 Å². The van der Waals surface area contributed by atoms with E-state index in [1.54, 1.807) is 10.6 Å². The second-order valence-electron chi connectivity index (χ2n) is 8.93. The Labute approximate surface area is 221 Å². The fourth-order valence-corrected chi connectivity index (χ4v) is 4.35. The third-order valence-electron chi connectivity index (χ3n) is 6.34. The van der Waals surface area contributed by atoms with Crippen LogP contribution in [0, 0.1) is 6.92 Å². The van der Waals surface area contributed by atoms with E-state index in [1.807, 2.05) is 86.6 Å². The van der Waals surface area contributed by atoms with Crippen molar-refractivity contribution in [3.63, 3.8) is 0 Å². The van der Waals surface area contributed by atoms with Gasteiger partial charge in [-0.15, -0.1) is 0 Å². The molecular weight excluding hydrogens is 482 g/mol. The van der Waals surface area contributed by atoms with Crippen LogP contribution in [0.25, 0.3) is 10.9 Å². The Bertz CT molecular complexity index is 1400. The molecule has 0 aliphatic heterocycles. The lowest BCUT2D eigenvalue weighted by molar-refractivity contribution is -0.133. The van der Waals surface area contributed by atoms with Crippen LogP contribution in [0.4, 0.5) is 0 Å². The predicted molar refractivity (Wildman–Crippen MR) is 146 cm³/mol.